The second kappa shape index (κ2) is 7.85. The first-order valence-electron chi connectivity index (χ1n) is 6.67. The fraction of sp³-hybridized carbons (Fsp3) is 0.533. The highest BCUT2D eigenvalue weighted by Gasteiger charge is 2.19. The Kier molecular flexibility index (Phi) is 6.45. The van der Waals surface area contributed by atoms with E-state index in [-0.39, 0.29) is 17.8 Å². The molecular formula is C15H22FNO3. The number of carbonyl (C=O) groups excluding carboxylic acids is 1. The first-order valence-corrected chi connectivity index (χ1v) is 6.67. The monoisotopic (exact) mass is 283 g/mol. The maximum atomic E-state index is 13.1. The van der Waals surface area contributed by atoms with Crippen molar-refractivity contribution in [2.24, 2.45) is 0 Å². The molecule has 0 aromatic heterocycles. The highest BCUT2D eigenvalue weighted by molar-refractivity contribution is 5.75. The molecule has 1 unspecified atom stereocenters. The predicted molar refractivity (Wildman–Crippen MR) is 75.3 cm³/mol. The van der Waals surface area contributed by atoms with E-state index >= 15 is 0 Å². The zero-order valence-corrected chi connectivity index (χ0v) is 12.4. The molecule has 0 amide bonds. The van der Waals surface area contributed by atoms with Crippen LogP contribution in [0.15, 0.2) is 18.2 Å². The summed E-state index contributed by atoms with van der Waals surface area (Å²) in [5.41, 5.74) is 0.859. The number of esters is 1. The first-order chi connectivity index (χ1) is 9.43. The highest BCUT2D eigenvalue weighted by Crippen LogP contribution is 2.19. The summed E-state index contributed by atoms with van der Waals surface area (Å²) in [6, 6.07) is 4.14. The van der Waals surface area contributed by atoms with Gasteiger partial charge in [0, 0.05) is 18.5 Å². The number of benzene rings is 1. The molecule has 0 spiro atoms. The standard InChI is InChI=1S/C15H22FNO3/c1-10(2)17-13(15(18)19-4)7-8-20-14-9-12(16)6-5-11(14)3/h5-6,9-10,13,17H,7-8H2,1-4H3. The van der Waals surface area contributed by atoms with Gasteiger partial charge in [-0.1, -0.05) is 19.9 Å². The molecule has 0 heterocycles. The number of carbonyl (C=O) groups is 1. The molecule has 1 atom stereocenters. The van der Waals surface area contributed by atoms with Gasteiger partial charge in [0.2, 0.25) is 0 Å². The van der Waals surface area contributed by atoms with Crippen LogP contribution in [-0.2, 0) is 9.53 Å². The molecule has 1 aromatic carbocycles. The molecule has 1 aromatic rings. The lowest BCUT2D eigenvalue weighted by atomic mass is 10.2. The summed E-state index contributed by atoms with van der Waals surface area (Å²) in [6.07, 6.45) is 0.459. The Labute approximate surface area is 119 Å². The topological polar surface area (TPSA) is 47.6 Å². The fourth-order valence-corrected chi connectivity index (χ4v) is 1.83. The quantitative estimate of drug-likeness (QED) is 0.781. The van der Waals surface area contributed by atoms with Gasteiger partial charge in [0.25, 0.3) is 0 Å². The van der Waals surface area contributed by atoms with Gasteiger partial charge in [0.1, 0.15) is 17.6 Å². The average molecular weight is 283 g/mol. The summed E-state index contributed by atoms with van der Waals surface area (Å²) < 4.78 is 23.4. The van der Waals surface area contributed by atoms with E-state index < -0.39 is 6.04 Å². The van der Waals surface area contributed by atoms with Crippen LogP contribution in [0.5, 0.6) is 5.75 Å². The van der Waals surface area contributed by atoms with Gasteiger partial charge in [-0.25, -0.2) is 4.39 Å². The Balaban J connectivity index is 2.55. The van der Waals surface area contributed by atoms with Crippen molar-refractivity contribution in [3.05, 3.63) is 29.6 Å². The van der Waals surface area contributed by atoms with E-state index in [1.165, 1.54) is 19.2 Å². The van der Waals surface area contributed by atoms with Gasteiger partial charge in [0.05, 0.1) is 13.7 Å². The molecule has 5 heteroatoms. The van der Waals surface area contributed by atoms with Crippen LogP contribution in [0.4, 0.5) is 4.39 Å². The smallest absolute Gasteiger partial charge is 0.322 e. The van der Waals surface area contributed by atoms with Crippen molar-refractivity contribution in [1.29, 1.82) is 0 Å². The fourth-order valence-electron chi connectivity index (χ4n) is 1.83. The minimum atomic E-state index is -0.422. The second-order valence-electron chi connectivity index (χ2n) is 4.94. The van der Waals surface area contributed by atoms with Gasteiger partial charge >= 0.3 is 5.97 Å². The molecule has 112 valence electrons. The van der Waals surface area contributed by atoms with E-state index in [0.29, 0.717) is 18.8 Å². The molecule has 1 rings (SSSR count). The van der Waals surface area contributed by atoms with E-state index in [9.17, 15) is 9.18 Å². The van der Waals surface area contributed by atoms with Crippen LogP contribution in [-0.4, -0.2) is 31.8 Å². The van der Waals surface area contributed by atoms with Gasteiger partial charge in [-0.2, -0.15) is 0 Å². The zero-order valence-electron chi connectivity index (χ0n) is 12.4. The van der Waals surface area contributed by atoms with E-state index in [0.717, 1.165) is 5.56 Å². The third kappa shape index (κ3) is 5.17. The van der Waals surface area contributed by atoms with Crippen molar-refractivity contribution >= 4 is 5.97 Å². The van der Waals surface area contributed by atoms with Crippen molar-refractivity contribution in [3.63, 3.8) is 0 Å². The number of methoxy groups -OCH3 is 1. The van der Waals surface area contributed by atoms with E-state index in [4.69, 9.17) is 9.47 Å². The zero-order chi connectivity index (χ0) is 15.1. The summed E-state index contributed by atoms with van der Waals surface area (Å²) in [6.45, 7) is 6.06. The number of aryl methyl sites for hydroxylation is 1. The highest BCUT2D eigenvalue weighted by atomic mass is 19.1. The predicted octanol–water partition coefficient (Wildman–Crippen LogP) is 2.44. The molecule has 20 heavy (non-hydrogen) atoms. The lowest BCUT2D eigenvalue weighted by Gasteiger charge is -2.19. The van der Waals surface area contributed by atoms with Crippen LogP contribution in [0.25, 0.3) is 0 Å². The number of hydrogen-bond donors (Lipinski definition) is 1. The van der Waals surface area contributed by atoms with Crippen molar-refractivity contribution < 1.29 is 18.7 Å². The molecule has 1 N–H and O–H groups in total. The number of hydrogen-bond acceptors (Lipinski definition) is 4. The molecule has 0 fully saturated rings. The number of halogens is 1. The van der Waals surface area contributed by atoms with Gasteiger partial charge in [-0.05, 0) is 18.6 Å². The van der Waals surface area contributed by atoms with E-state index in [1.54, 1.807) is 6.07 Å². The van der Waals surface area contributed by atoms with Crippen LogP contribution in [0.1, 0.15) is 25.8 Å². The van der Waals surface area contributed by atoms with Crippen molar-refractivity contribution in [3.8, 4) is 5.75 Å². The molecule has 0 aliphatic carbocycles. The normalized spacial score (nSPS) is 12.3. The number of ether oxygens (including phenoxy) is 2. The lowest BCUT2D eigenvalue weighted by Crippen LogP contribution is -2.42. The van der Waals surface area contributed by atoms with Crippen LogP contribution < -0.4 is 10.1 Å². The Morgan fingerprint density at radius 3 is 2.70 bits per heavy atom. The Bertz CT molecular complexity index is 449. The van der Waals surface area contributed by atoms with Gasteiger partial charge < -0.3 is 14.8 Å². The van der Waals surface area contributed by atoms with Gasteiger partial charge in [-0.3, -0.25) is 4.79 Å². The van der Waals surface area contributed by atoms with Crippen LogP contribution in [0.2, 0.25) is 0 Å². The molecule has 0 saturated heterocycles. The Morgan fingerprint density at radius 1 is 1.40 bits per heavy atom. The summed E-state index contributed by atoms with van der Waals surface area (Å²) in [7, 11) is 1.36. The van der Waals surface area contributed by atoms with Crippen LogP contribution in [0, 0.1) is 12.7 Å². The van der Waals surface area contributed by atoms with Crippen LogP contribution >= 0.6 is 0 Å². The lowest BCUT2D eigenvalue weighted by molar-refractivity contribution is -0.143. The SMILES string of the molecule is COC(=O)C(CCOc1cc(F)ccc1C)NC(C)C. The molecule has 0 bridgehead atoms. The number of rotatable bonds is 7. The second-order valence-corrected chi connectivity index (χ2v) is 4.94. The summed E-state index contributed by atoms with van der Waals surface area (Å²) in [4.78, 5) is 11.6. The molecule has 4 nitrogen and oxygen atoms in total. The molecule has 0 radical (unpaired) electrons. The van der Waals surface area contributed by atoms with Gasteiger partial charge in [0.15, 0.2) is 0 Å². The summed E-state index contributed by atoms with van der Waals surface area (Å²) in [5.74, 6) is -0.160. The number of nitrogens with one attached hydrogen (secondary N) is 1. The van der Waals surface area contributed by atoms with Crippen LogP contribution in [0.3, 0.4) is 0 Å². The maximum absolute atomic E-state index is 13.1. The third-order valence-electron chi connectivity index (χ3n) is 2.83. The molecule has 0 aliphatic heterocycles. The molecular weight excluding hydrogens is 261 g/mol. The first kappa shape index (κ1) is 16.4. The Hall–Kier alpha value is -1.62. The molecule has 0 saturated carbocycles. The summed E-state index contributed by atoms with van der Waals surface area (Å²) >= 11 is 0. The minimum absolute atomic E-state index is 0.162. The van der Waals surface area contributed by atoms with Crippen molar-refractivity contribution in [1.82, 2.24) is 5.32 Å². The Morgan fingerprint density at radius 2 is 2.10 bits per heavy atom. The maximum Gasteiger partial charge on any atom is 0.322 e. The third-order valence-corrected chi connectivity index (χ3v) is 2.83. The van der Waals surface area contributed by atoms with Gasteiger partial charge in [-0.15, -0.1) is 0 Å². The largest absolute Gasteiger partial charge is 0.493 e. The van der Waals surface area contributed by atoms with E-state index in [2.05, 4.69) is 5.32 Å². The molecule has 0 aliphatic rings. The van der Waals surface area contributed by atoms with E-state index in [1.807, 2.05) is 20.8 Å². The van der Waals surface area contributed by atoms with Crippen molar-refractivity contribution in [2.75, 3.05) is 13.7 Å². The summed E-state index contributed by atoms with van der Waals surface area (Å²) in [5, 5.41) is 3.11. The average Bonchev–Trinajstić information content (AvgIpc) is 2.40. The minimum Gasteiger partial charge on any atom is -0.493 e. The van der Waals surface area contributed by atoms with Crippen molar-refractivity contribution in [2.45, 2.75) is 39.3 Å².